The SMILES string of the molecule is CC1=CSC2C3=C(CCN3C)SC12. The van der Waals surface area contributed by atoms with Crippen LogP contribution in [0, 0.1) is 0 Å². The van der Waals surface area contributed by atoms with E-state index in [4.69, 9.17) is 0 Å². The molecule has 13 heavy (non-hydrogen) atoms. The summed E-state index contributed by atoms with van der Waals surface area (Å²) in [5.74, 6) is 0. The van der Waals surface area contributed by atoms with Crippen molar-refractivity contribution in [1.29, 1.82) is 0 Å². The third kappa shape index (κ3) is 1.03. The summed E-state index contributed by atoms with van der Waals surface area (Å²) in [6.45, 7) is 3.51. The Labute approximate surface area is 87.6 Å². The molecule has 0 aromatic rings. The van der Waals surface area contributed by atoms with Crippen LogP contribution >= 0.6 is 23.5 Å². The molecular weight excluding hydrogens is 198 g/mol. The summed E-state index contributed by atoms with van der Waals surface area (Å²) in [6, 6.07) is 0. The van der Waals surface area contributed by atoms with E-state index in [2.05, 4.69) is 36.0 Å². The Morgan fingerprint density at radius 1 is 1.46 bits per heavy atom. The lowest BCUT2D eigenvalue weighted by Gasteiger charge is -2.21. The van der Waals surface area contributed by atoms with Crippen molar-refractivity contribution in [3.63, 3.8) is 0 Å². The van der Waals surface area contributed by atoms with Gasteiger partial charge in [0.1, 0.15) is 0 Å². The number of hydrogen-bond acceptors (Lipinski definition) is 3. The molecule has 0 aromatic heterocycles. The molecule has 0 saturated carbocycles. The molecule has 0 spiro atoms. The lowest BCUT2D eigenvalue weighted by atomic mass is 10.1. The van der Waals surface area contributed by atoms with Crippen LogP contribution < -0.4 is 0 Å². The molecule has 2 atom stereocenters. The Morgan fingerprint density at radius 2 is 2.31 bits per heavy atom. The normalized spacial score (nSPS) is 36.8. The number of thioether (sulfide) groups is 2. The molecule has 3 heterocycles. The fourth-order valence-electron chi connectivity index (χ4n) is 2.30. The van der Waals surface area contributed by atoms with E-state index in [9.17, 15) is 0 Å². The second-order valence-corrected chi connectivity index (χ2v) is 6.19. The summed E-state index contributed by atoms with van der Waals surface area (Å²) in [4.78, 5) is 4.12. The molecule has 0 saturated heterocycles. The standard InChI is InChI=1S/C10H13NS2/c1-6-5-12-10-8-7(13-9(6)10)3-4-11(8)2/h5,9-10H,3-4H2,1-2H3. The molecule has 0 aliphatic carbocycles. The van der Waals surface area contributed by atoms with Crippen molar-refractivity contribution in [2.75, 3.05) is 13.6 Å². The van der Waals surface area contributed by atoms with Crippen LogP contribution in [0.25, 0.3) is 0 Å². The highest BCUT2D eigenvalue weighted by atomic mass is 32.2. The molecule has 0 N–H and O–H groups in total. The van der Waals surface area contributed by atoms with Gasteiger partial charge in [0, 0.05) is 29.4 Å². The average molecular weight is 211 g/mol. The van der Waals surface area contributed by atoms with E-state index in [1.165, 1.54) is 13.0 Å². The van der Waals surface area contributed by atoms with Gasteiger partial charge in [-0.25, -0.2) is 0 Å². The van der Waals surface area contributed by atoms with E-state index in [0.717, 1.165) is 10.5 Å². The molecule has 70 valence electrons. The summed E-state index contributed by atoms with van der Waals surface area (Å²) < 4.78 is 0. The van der Waals surface area contributed by atoms with Crippen molar-refractivity contribution in [2.45, 2.75) is 23.8 Å². The first-order chi connectivity index (χ1) is 6.27. The van der Waals surface area contributed by atoms with Crippen molar-refractivity contribution >= 4 is 23.5 Å². The fourth-order valence-corrected chi connectivity index (χ4v) is 5.56. The molecule has 0 bridgehead atoms. The van der Waals surface area contributed by atoms with E-state index in [1.807, 2.05) is 11.8 Å². The van der Waals surface area contributed by atoms with Crippen LogP contribution in [-0.4, -0.2) is 29.0 Å². The van der Waals surface area contributed by atoms with Gasteiger partial charge in [0.15, 0.2) is 0 Å². The summed E-state index contributed by atoms with van der Waals surface area (Å²) >= 11 is 4.13. The first kappa shape index (κ1) is 8.30. The number of rotatable bonds is 0. The van der Waals surface area contributed by atoms with Gasteiger partial charge in [-0.2, -0.15) is 0 Å². The lowest BCUT2D eigenvalue weighted by molar-refractivity contribution is 0.446. The Hall–Kier alpha value is -0.0200. The van der Waals surface area contributed by atoms with Crippen molar-refractivity contribution in [3.8, 4) is 0 Å². The minimum atomic E-state index is 0.743. The van der Waals surface area contributed by atoms with Crippen LogP contribution in [0.5, 0.6) is 0 Å². The highest BCUT2D eigenvalue weighted by Gasteiger charge is 2.43. The van der Waals surface area contributed by atoms with Crippen molar-refractivity contribution in [1.82, 2.24) is 4.90 Å². The van der Waals surface area contributed by atoms with Crippen molar-refractivity contribution < 1.29 is 0 Å². The fraction of sp³-hybridized carbons (Fsp3) is 0.600. The second-order valence-electron chi connectivity index (χ2n) is 3.94. The first-order valence-corrected chi connectivity index (χ1v) is 6.52. The van der Waals surface area contributed by atoms with Gasteiger partial charge in [0.2, 0.25) is 0 Å². The Kier molecular flexibility index (Phi) is 1.75. The predicted octanol–water partition coefficient (Wildman–Crippen LogP) is 2.67. The van der Waals surface area contributed by atoms with E-state index in [-0.39, 0.29) is 0 Å². The Bertz CT molecular complexity index is 319. The van der Waals surface area contributed by atoms with Crippen LogP contribution in [0.4, 0.5) is 0 Å². The maximum absolute atomic E-state index is 2.45. The zero-order chi connectivity index (χ0) is 9.00. The smallest absolute Gasteiger partial charge is 0.0655 e. The Balaban J connectivity index is 1.94. The molecule has 0 radical (unpaired) electrons. The van der Waals surface area contributed by atoms with Crippen LogP contribution in [0.15, 0.2) is 21.6 Å². The molecule has 1 nitrogen and oxygen atoms in total. The number of nitrogens with zero attached hydrogens (tertiary/aromatic N) is 1. The summed E-state index contributed by atoms with van der Waals surface area (Å²) in [7, 11) is 2.24. The van der Waals surface area contributed by atoms with Crippen LogP contribution in [-0.2, 0) is 0 Å². The summed E-state index contributed by atoms with van der Waals surface area (Å²) in [6.07, 6.45) is 1.29. The number of fused-ring (bicyclic) bond motifs is 2. The topological polar surface area (TPSA) is 3.24 Å². The van der Waals surface area contributed by atoms with Gasteiger partial charge in [-0.05, 0) is 18.8 Å². The zero-order valence-corrected chi connectivity index (χ0v) is 9.54. The first-order valence-electron chi connectivity index (χ1n) is 4.70. The van der Waals surface area contributed by atoms with Gasteiger partial charge < -0.3 is 4.90 Å². The minimum Gasteiger partial charge on any atom is -0.376 e. The summed E-state index contributed by atoms with van der Waals surface area (Å²) in [5, 5.41) is 3.85. The van der Waals surface area contributed by atoms with Crippen molar-refractivity contribution in [2.24, 2.45) is 0 Å². The van der Waals surface area contributed by atoms with Gasteiger partial charge in [-0.3, -0.25) is 0 Å². The molecule has 2 unspecified atom stereocenters. The quantitative estimate of drug-likeness (QED) is 0.606. The van der Waals surface area contributed by atoms with Crippen LogP contribution in [0.2, 0.25) is 0 Å². The molecule has 3 heteroatoms. The predicted molar refractivity (Wildman–Crippen MR) is 60.8 cm³/mol. The zero-order valence-electron chi connectivity index (χ0n) is 7.91. The van der Waals surface area contributed by atoms with Gasteiger partial charge in [-0.15, -0.1) is 23.5 Å². The maximum Gasteiger partial charge on any atom is 0.0655 e. The lowest BCUT2D eigenvalue weighted by Crippen LogP contribution is -2.24. The monoisotopic (exact) mass is 211 g/mol. The molecule has 0 fully saturated rings. The molecule has 0 amide bonds. The van der Waals surface area contributed by atoms with Crippen LogP contribution in [0.3, 0.4) is 0 Å². The number of hydrogen-bond donors (Lipinski definition) is 0. The highest BCUT2D eigenvalue weighted by molar-refractivity contribution is 8.08. The second kappa shape index (κ2) is 2.74. The average Bonchev–Trinajstić information content (AvgIpc) is 2.69. The van der Waals surface area contributed by atoms with Crippen LogP contribution in [0.1, 0.15) is 13.3 Å². The highest BCUT2D eigenvalue weighted by Crippen LogP contribution is 2.54. The maximum atomic E-state index is 2.45. The molecule has 0 aromatic carbocycles. The van der Waals surface area contributed by atoms with Gasteiger partial charge in [-0.1, -0.05) is 5.57 Å². The molecular formula is C10H13NS2. The summed E-state index contributed by atoms with van der Waals surface area (Å²) in [5.41, 5.74) is 3.20. The van der Waals surface area contributed by atoms with Gasteiger partial charge >= 0.3 is 0 Å². The van der Waals surface area contributed by atoms with E-state index in [0.29, 0.717) is 0 Å². The largest absolute Gasteiger partial charge is 0.376 e. The van der Waals surface area contributed by atoms with E-state index in [1.54, 1.807) is 16.2 Å². The van der Waals surface area contributed by atoms with E-state index < -0.39 is 0 Å². The third-order valence-electron chi connectivity index (χ3n) is 3.03. The minimum absolute atomic E-state index is 0.743. The van der Waals surface area contributed by atoms with E-state index >= 15 is 0 Å². The molecule has 3 rings (SSSR count). The van der Waals surface area contributed by atoms with Gasteiger partial charge in [0.25, 0.3) is 0 Å². The Morgan fingerprint density at radius 3 is 3.15 bits per heavy atom. The van der Waals surface area contributed by atoms with Gasteiger partial charge in [0.05, 0.1) is 5.25 Å². The molecule has 3 aliphatic rings. The van der Waals surface area contributed by atoms with Crippen molar-refractivity contribution in [3.05, 3.63) is 21.6 Å². The third-order valence-corrected chi connectivity index (χ3v) is 6.10. The molecule has 3 aliphatic heterocycles.